The van der Waals surface area contributed by atoms with Gasteiger partial charge in [0, 0.05) is 17.5 Å². The summed E-state index contributed by atoms with van der Waals surface area (Å²) >= 11 is 0. The topological polar surface area (TPSA) is 34.1 Å². The lowest BCUT2D eigenvalue weighted by atomic mass is 9.96. The van der Waals surface area contributed by atoms with Gasteiger partial charge in [0.25, 0.3) is 0 Å². The monoisotopic (exact) mass is 384 g/mol. The lowest BCUT2D eigenvalue weighted by Crippen LogP contribution is -2.33. The maximum absolute atomic E-state index is 6.42. The van der Waals surface area contributed by atoms with Gasteiger partial charge in [-0.2, -0.15) is 5.10 Å². The van der Waals surface area contributed by atoms with Crippen molar-refractivity contribution in [1.29, 1.82) is 0 Å². The van der Waals surface area contributed by atoms with E-state index in [9.17, 15) is 0 Å². The summed E-state index contributed by atoms with van der Waals surface area (Å²) in [5.74, 6) is 1.80. The van der Waals surface area contributed by atoms with Crippen LogP contribution in [-0.2, 0) is 0 Å². The van der Waals surface area contributed by atoms with Crippen LogP contribution < -0.4 is 9.47 Å². The van der Waals surface area contributed by atoms with Gasteiger partial charge >= 0.3 is 0 Å². The van der Waals surface area contributed by atoms with Gasteiger partial charge in [0.05, 0.1) is 17.9 Å². The van der Waals surface area contributed by atoms with Gasteiger partial charge in [0.15, 0.2) is 0 Å². The summed E-state index contributed by atoms with van der Waals surface area (Å²) in [5.41, 5.74) is 4.52. The quantitative estimate of drug-likeness (QED) is 0.577. The van der Waals surface area contributed by atoms with E-state index in [0.29, 0.717) is 0 Å². The highest BCUT2D eigenvalue weighted by Crippen LogP contribution is 2.47. The van der Waals surface area contributed by atoms with Crippen LogP contribution in [0, 0.1) is 0 Å². The third-order valence-electron chi connectivity index (χ3n) is 5.34. The van der Waals surface area contributed by atoms with Crippen molar-refractivity contribution in [2.75, 3.05) is 0 Å². The van der Waals surface area contributed by atoms with Crippen molar-refractivity contribution >= 4 is 5.71 Å². The lowest BCUT2D eigenvalue weighted by molar-refractivity contribution is -0.0190. The van der Waals surface area contributed by atoms with Crippen LogP contribution in [0.25, 0.3) is 0 Å². The van der Waals surface area contributed by atoms with Crippen molar-refractivity contribution in [3.8, 4) is 11.5 Å². The largest absolute Gasteiger partial charge is 0.491 e. The van der Waals surface area contributed by atoms with Crippen LogP contribution in [-0.4, -0.2) is 16.8 Å². The van der Waals surface area contributed by atoms with Gasteiger partial charge in [-0.25, -0.2) is 5.01 Å². The van der Waals surface area contributed by atoms with Crippen LogP contribution in [0.1, 0.15) is 49.2 Å². The van der Waals surface area contributed by atoms with Crippen molar-refractivity contribution < 1.29 is 9.47 Å². The third kappa shape index (κ3) is 3.35. The van der Waals surface area contributed by atoms with E-state index in [0.717, 1.165) is 29.2 Å². The Labute approximate surface area is 171 Å². The zero-order valence-corrected chi connectivity index (χ0v) is 16.7. The third-order valence-corrected chi connectivity index (χ3v) is 5.34. The molecule has 0 aromatic heterocycles. The number of rotatable bonds is 4. The van der Waals surface area contributed by atoms with Crippen LogP contribution in [0.2, 0.25) is 0 Å². The predicted molar refractivity (Wildman–Crippen MR) is 114 cm³/mol. The van der Waals surface area contributed by atoms with E-state index in [1.165, 1.54) is 11.1 Å². The molecule has 29 heavy (non-hydrogen) atoms. The molecule has 0 aliphatic carbocycles. The van der Waals surface area contributed by atoms with Gasteiger partial charge in [0.2, 0.25) is 6.23 Å². The Balaban J connectivity index is 1.52. The minimum atomic E-state index is -0.260. The molecule has 0 radical (unpaired) electrons. The first kappa shape index (κ1) is 17.8. The van der Waals surface area contributed by atoms with Gasteiger partial charge in [0.1, 0.15) is 11.5 Å². The zero-order valence-electron chi connectivity index (χ0n) is 16.7. The smallest absolute Gasteiger partial charge is 0.213 e. The molecule has 146 valence electrons. The second-order valence-corrected chi connectivity index (χ2v) is 7.76. The average Bonchev–Trinajstić information content (AvgIpc) is 3.20. The molecule has 4 nitrogen and oxygen atoms in total. The fourth-order valence-corrected chi connectivity index (χ4v) is 4.04. The molecule has 0 N–H and O–H groups in total. The Morgan fingerprint density at radius 2 is 1.66 bits per heavy atom. The summed E-state index contributed by atoms with van der Waals surface area (Å²) in [6.07, 6.45) is 0.763. The number of benzene rings is 3. The Hall–Kier alpha value is -3.27. The zero-order chi connectivity index (χ0) is 19.8. The van der Waals surface area contributed by atoms with Gasteiger partial charge in [-0.15, -0.1) is 0 Å². The molecule has 2 atom stereocenters. The summed E-state index contributed by atoms with van der Waals surface area (Å²) in [7, 11) is 0. The summed E-state index contributed by atoms with van der Waals surface area (Å²) < 4.78 is 12.2. The standard InChI is InChI=1S/C25H24N2O2/c1-17(2)28-20-14-12-19(13-15-20)25-27-23(21-10-6-7-11-24(21)29-25)16-22(26-27)18-8-4-3-5-9-18/h3-15,17,23,25H,16H2,1-2H3. The number of para-hydroxylation sites is 1. The number of hydrogen-bond acceptors (Lipinski definition) is 4. The molecule has 0 saturated heterocycles. The fraction of sp³-hybridized carbons (Fsp3) is 0.240. The van der Waals surface area contributed by atoms with E-state index in [2.05, 4.69) is 59.6 Å². The fourth-order valence-electron chi connectivity index (χ4n) is 4.04. The Morgan fingerprint density at radius 3 is 2.41 bits per heavy atom. The second-order valence-electron chi connectivity index (χ2n) is 7.76. The normalized spacial score (nSPS) is 20.0. The predicted octanol–water partition coefficient (Wildman–Crippen LogP) is 5.72. The van der Waals surface area contributed by atoms with E-state index in [1.54, 1.807) is 0 Å². The minimum absolute atomic E-state index is 0.152. The van der Waals surface area contributed by atoms with E-state index in [4.69, 9.17) is 14.6 Å². The maximum atomic E-state index is 6.42. The lowest BCUT2D eigenvalue weighted by Gasteiger charge is -2.38. The van der Waals surface area contributed by atoms with E-state index in [-0.39, 0.29) is 18.4 Å². The Morgan fingerprint density at radius 1 is 0.931 bits per heavy atom. The molecule has 0 saturated carbocycles. The molecule has 0 fully saturated rings. The van der Waals surface area contributed by atoms with Crippen molar-refractivity contribution in [1.82, 2.24) is 5.01 Å². The molecule has 5 rings (SSSR count). The SMILES string of the molecule is CC(C)Oc1ccc(C2Oc3ccccc3C3CC(c4ccccc4)=NN32)cc1. The first-order chi connectivity index (χ1) is 14.2. The maximum Gasteiger partial charge on any atom is 0.213 e. The number of hydrogen-bond donors (Lipinski definition) is 0. The summed E-state index contributed by atoms with van der Waals surface area (Å²) in [5, 5.41) is 7.12. The van der Waals surface area contributed by atoms with E-state index in [1.807, 2.05) is 38.1 Å². The van der Waals surface area contributed by atoms with Gasteiger partial charge in [-0.1, -0.05) is 48.5 Å². The summed E-state index contributed by atoms with van der Waals surface area (Å²) in [6.45, 7) is 4.06. The summed E-state index contributed by atoms with van der Waals surface area (Å²) in [4.78, 5) is 0. The van der Waals surface area contributed by atoms with Crippen molar-refractivity contribution in [2.45, 2.75) is 38.6 Å². The van der Waals surface area contributed by atoms with Gasteiger partial charge in [-0.05, 0) is 49.7 Å². The van der Waals surface area contributed by atoms with Crippen molar-refractivity contribution in [3.63, 3.8) is 0 Å². The Kier molecular flexibility index (Phi) is 4.47. The van der Waals surface area contributed by atoms with Gasteiger partial charge < -0.3 is 9.47 Å². The molecule has 0 spiro atoms. The van der Waals surface area contributed by atoms with Crippen LogP contribution in [0.5, 0.6) is 11.5 Å². The molecule has 2 heterocycles. The molecular weight excluding hydrogens is 360 g/mol. The average molecular weight is 384 g/mol. The van der Waals surface area contributed by atoms with Crippen molar-refractivity contribution in [2.24, 2.45) is 5.10 Å². The highest BCUT2D eigenvalue weighted by atomic mass is 16.5. The minimum Gasteiger partial charge on any atom is -0.491 e. The molecular formula is C25H24N2O2. The van der Waals surface area contributed by atoms with E-state index < -0.39 is 0 Å². The van der Waals surface area contributed by atoms with Crippen LogP contribution in [0.4, 0.5) is 0 Å². The highest BCUT2D eigenvalue weighted by Gasteiger charge is 2.40. The number of fused-ring (bicyclic) bond motifs is 3. The van der Waals surface area contributed by atoms with Crippen LogP contribution in [0.3, 0.4) is 0 Å². The Bertz CT molecular complexity index is 1030. The molecule has 2 aliphatic heterocycles. The molecule has 0 bridgehead atoms. The molecule has 0 amide bonds. The van der Waals surface area contributed by atoms with Gasteiger partial charge in [-0.3, -0.25) is 0 Å². The number of ether oxygens (including phenoxy) is 2. The van der Waals surface area contributed by atoms with Crippen LogP contribution >= 0.6 is 0 Å². The number of hydrazone groups is 1. The highest BCUT2D eigenvalue weighted by molar-refractivity contribution is 6.01. The first-order valence-electron chi connectivity index (χ1n) is 10.1. The number of nitrogens with zero attached hydrogens (tertiary/aromatic N) is 2. The summed E-state index contributed by atoms with van der Waals surface area (Å²) in [6, 6.07) is 27.0. The van der Waals surface area contributed by atoms with Crippen molar-refractivity contribution in [3.05, 3.63) is 95.6 Å². The molecule has 2 aliphatic rings. The molecule has 3 aromatic carbocycles. The van der Waals surface area contributed by atoms with Crippen LogP contribution in [0.15, 0.2) is 84.0 Å². The molecule has 4 heteroatoms. The van der Waals surface area contributed by atoms with E-state index >= 15 is 0 Å². The molecule has 2 unspecified atom stereocenters. The second kappa shape index (κ2) is 7.28. The first-order valence-corrected chi connectivity index (χ1v) is 10.1. The molecule has 3 aromatic rings.